The van der Waals surface area contributed by atoms with E-state index < -0.39 is 12.0 Å². The number of carbonyl (C=O) groups is 1. The van der Waals surface area contributed by atoms with Crippen molar-refractivity contribution in [3.05, 3.63) is 0 Å². The minimum Gasteiger partial charge on any atom is -0.480 e. The van der Waals surface area contributed by atoms with Crippen molar-refractivity contribution in [2.45, 2.75) is 38.1 Å². The van der Waals surface area contributed by atoms with Gasteiger partial charge in [-0.2, -0.15) is 0 Å². The molecule has 0 saturated carbocycles. The Kier molecular flexibility index (Phi) is 6.07. The predicted molar refractivity (Wildman–Crippen MR) is 71.2 cm³/mol. The molecule has 0 aromatic heterocycles. The van der Waals surface area contributed by atoms with E-state index in [1.807, 2.05) is 0 Å². The third-order valence-electron chi connectivity index (χ3n) is 4.17. The van der Waals surface area contributed by atoms with Crippen LogP contribution in [0, 0.1) is 5.92 Å². The van der Waals surface area contributed by atoms with E-state index in [1.54, 1.807) is 0 Å². The highest BCUT2D eigenvalue weighted by molar-refractivity contribution is 5.73. The van der Waals surface area contributed by atoms with E-state index in [0.717, 1.165) is 38.6 Å². The highest BCUT2D eigenvalue weighted by Gasteiger charge is 2.28. The van der Waals surface area contributed by atoms with Gasteiger partial charge in [0.15, 0.2) is 0 Å². The SMILES string of the molecule is O=C(O)C1COCCN1CCCCC1CCOCC1. The quantitative estimate of drug-likeness (QED) is 0.739. The first-order valence-electron chi connectivity index (χ1n) is 7.39. The number of ether oxygens (including phenoxy) is 2. The first kappa shape index (κ1) is 14.8. The summed E-state index contributed by atoms with van der Waals surface area (Å²) in [6, 6.07) is -0.447. The van der Waals surface area contributed by atoms with Crippen molar-refractivity contribution >= 4 is 5.97 Å². The van der Waals surface area contributed by atoms with E-state index in [2.05, 4.69) is 4.90 Å². The third kappa shape index (κ3) is 4.75. The number of unbranched alkanes of at least 4 members (excludes halogenated alkanes) is 1. The topological polar surface area (TPSA) is 59.0 Å². The largest absolute Gasteiger partial charge is 0.480 e. The maximum Gasteiger partial charge on any atom is 0.323 e. The Morgan fingerprint density at radius 3 is 2.68 bits per heavy atom. The van der Waals surface area contributed by atoms with Gasteiger partial charge < -0.3 is 14.6 Å². The van der Waals surface area contributed by atoms with Crippen molar-refractivity contribution in [2.75, 3.05) is 39.5 Å². The van der Waals surface area contributed by atoms with Gasteiger partial charge in [0.2, 0.25) is 0 Å². The molecular weight excluding hydrogens is 246 g/mol. The second-order valence-electron chi connectivity index (χ2n) is 5.52. The average Bonchev–Trinajstić information content (AvgIpc) is 2.45. The highest BCUT2D eigenvalue weighted by atomic mass is 16.5. The first-order valence-corrected chi connectivity index (χ1v) is 7.39. The van der Waals surface area contributed by atoms with E-state index in [1.165, 1.54) is 25.7 Å². The van der Waals surface area contributed by atoms with Gasteiger partial charge in [0.05, 0.1) is 13.2 Å². The first-order chi connectivity index (χ1) is 9.27. The second kappa shape index (κ2) is 7.82. The van der Waals surface area contributed by atoms with Crippen molar-refractivity contribution < 1.29 is 19.4 Å². The Bertz CT molecular complexity index is 279. The van der Waals surface area contributed by atoms with Gasteiger partial charge in [-0.05, 0) is 31.7 Å². The van der Waals surface area contributed by atoms with Gasteiger partial charge in [0.25, 0.3) is 0 Å². The Hall–Kier alpha value is -0.650. The van der Waals surface area contributed by atoms with Gasteiger partial charge in [-0.3, -0.25) is 9.69 Å². The Labute approximate surface area is 114 Å². The van der Waals surface area contributed by atoms with E-state index in [-0.39, 0.29) is 0 Å². The molecule has 110 valence electrons. The minimum atomic E-state index is -0.760. The highest BCUT2D eigenvalue weighted by Crippen LogP contribution is 2.21. The Morgan fingerprint density at radius 2 is 1.95 bits per heavy atom. The molecule has 2 aliphatic heterocycles. The predicted octanol–water partition coefficient (Wildman–Crippen LogP) is 1.37. The number of hydrogen-bond donors (Lipinski definition) is 1. The van der Waals surface area contributed by atoms with E-state index in [4.69, 9.17) is 14.6 Å². The molecule has 0 radical (unpaired) electrons. The van der Waals surface area contributed by atoms with Crippen molar-refractivity contribution in [2.24, 2.45) is 5.92 Å². The number of morpholine rings is 1. The van der Waals surface area contributed by atoms with Gasteiger partial charge in [0.1, 0.15) is 6.04 Å². The number of nitrogens with zero attached hydrogens (tertiary/aromatic N) is 1. The average molecular weight is 271 g/mol. The second-order valence-corrected chi connectivity index (χ2v) is 5.52. The van der Waals surface area contributed by atoms with Crippen LogP contribution in [0.2, 0.25) is 0 Å². The molecule has 0 bridgehead atoms. The number of carboxylic acids is 1. The molecule has 1 unspecified atom stereocenters. The summed E-state index contributed by atoms with van der Waals surface area (Å²) in [6.07, 6.45) is 5.91. The molecule has 5 nitrogen and oxygen atoms in total. The lowest BCUT2D eigenvalue weighted by Gasteiger charge is -2.32. The molecule has 2 heterocycles. The molecule has 19 heavy (non-hydrogen) atoms. The molecule has 1 N–H and O–H groups in total. The standard InChI is InChI=1S/C14H25NO4/c16-14(17)13-11-19-10-7-15(13)6-2-1-3-12-4-8-18-9-5-12/h12-13H,1-11H2,(H,16,17). The van der Waals surface area contributed by atoms with Crippen LogP contribution < -0.4 is 0 Å². The summed E-state index contributed by atoms with van der Waals surface area (Å²) in [6.45, 7) is 4.43. The van der Waals surface area contributed by atoms with Crippen LogP contribution in [0.5, 0.6) is 0 Å². The molecule has 0 aromatic rings. The number of carboxylic acid groups (broad SMARTS) is 1. The van der Waals surface area contributed by atoms with Crippen molar-refractivity contribution in [1.29, 1.82) is 0 Å². The molecule has 5 heteroatoms. The Morgan fingerprint density at radius 1 is 1.16 bits per heavy atom. The van der Waals surface area contributed by atoms with Crippen molar-refractivity contribution in [1.82, 2.24) is 4.90 Å². The molecule has 2 aliphatic rings. The number of hydrogen-bond acceptors (Lipinski definition) is 4. The Balaban J connectivity index is 1.62. The van der Waals surface area contributed by atoms with Crippen LogP contribution in [-0.4, -0.2) is 61.5 Å². The zero-order valence-electron chi connectivity index (χ0n) is 11.6. The van der Waals surface area contributed by atoms with Crippen LogP contribution in [0.4, 0.5) is 0 Å². The number of aliphatic carboxylic acids is 1. The van der Waals surface area contributed by atoms with Crippen LogP contribution in [0.1, 0.15) is 32.1 Å². The van der Waals surface area contributed by atoms with Gasteiger partial charge >= 0.3 is 5.97 Å². The maximum atomic E-state index is 11.1. The lowest BCUT2D eigenvalue weighted by atomic mass is 9.94. The van der Waals surface area contributed by atoms with E-state index in [0.29, 0.717) is 13.2 Å². The fraction of sp³-hybridized carbons (Fsp3) is 0.929. The monoisotopic (exact) mass is 271 g/mol. The summed E-state index contributed by atoms with van der Waals surface area (Å²) in [7, 11) is 0. The van der Waals surface area contributed by atoms with E-state index >= 15 is 0 Å². The van der Waals surface area contributed by atoms with Crippen molar-refractivity contribution in [3.63, 3.8) is 0 Å². The summed E-state index contributed by atoms with van der Waals surface area (Å²) < 4.78 is 10.6. The lowest BCUT2D eigenvalue weighted by Crippen LogP contribution is -2.50. The summed E-state index contributed by atoms with van der Waals surface area (Å²) in [5.74, 6) is 0.0536. The van der Waals surface area contributed by atoms with Gasteiger partial charge in [0, 0.05) is 19.8 Å². The fourth-order valence-corrected chi connectivity index (χ4v) is 2.92. The normalized spacial score (nSPS) is 26.4. The molecule has 2 saturated heterocycles. The summed E-state index contributed by atoms with van der Waals surface area (Å²) in [4.78, 5) is 13.2. The maximum absolute atomic E-state index is 11.1. The zero-order valence-corrected chi connectivity index (χ0v) is 11.6. The molecule has 2 rings (SSSR count). The fourth-order valence-electron chi connectivity index (χ4n) is 2.92. The molecular formula is C14H25NO4. The molecule has 0 spiro atoms. The third-order valence-corrected chi connectivity index (χ3v) is 4.17. The lowest BCUT2D eigenvalue weighted by molar-refractivity contribution is -0.149. The number of rotatable bonds is 6. The smallest absolute Gasteiger partial charge is 0.323 e. The molecule has 0 aromatic carbocycles. The molecule has 1 atom stereocenters. The minimum absolute atomic E-state index is 0.329. The van der Waals surface area contributed by atoms with Crippen LogP contribution in [0.15, 0.2) is 0 Å². The summed E-state index contributed by atoms with van der Waals surface area (Å²) >= 11 is 0. The van der Waals surface area contributed by atoms with Crippen LogP contribution in [0.3, 0.4) is 0 Å². The van der Waals surface area contributed by atoms with Gasteiger partial charge in [-0.25, -0.2) is 0 Å². The van der Waals surface area contributed by atoms with E-state index in [9.17, 15) is 4.79 Å². The summed E-state index contributed by atoms with van der Waals surface area (Å²) in [5, 5.41) is 9.13. The zero-order chi connectivity index (χ0) is 13.5. The van der Waals surface area contributed by atoms with Crippen LogP contribution in [0.25, 0.3) is 0 Å². The van der Waals surface area contributed by atoms with Crippen molar-refractivity contribution in [3.8, 4) is 0 Å². The molecule has 0 aliphatic carbocycles. The van der Waals surface area contributed by atoms with Crippen LogP contribution >= 0.6 is 0 Å². The van der Waals surface area contributed by atoms with Gasteiger partial charge in [-0.15, -0.1) is 0 Å². The van der Waals surface area contributed by atoms with Gasteiger partial charge in [-0.1, -0.05) is 12.8 Å². The molecule has 2 fully saturated rings. The van der Waals surface area contributed by atoms with Crippen LogP contribution in [-0.2, 0) is 14.3 Å². The molecule has 0 amide bonds. The summed E-state index contributed by atoms with van der Waals surface area (Å²) in [5.41, 5.74) is 0.